The number of thioether (sulfide) groups is 1. The van der Waals surface area contributed by atoms with E-state index in [2.05, 4.69) is 34.9 Å². The summed E-state index contributed by atoms with van der Waals surface area (Å²) in [6.45, 7) is 0.197. The van der Waals surface area contributed by atoms with Crippen LogP contribution >= 0.6 is 11.8 Å². The molecule has 1 atom stereocenters. The first-order valence-electron chi connectivity index (χ1n) is 9.14. The normalized spacial score (nSPS) is 13.4. The molecule has 7 heteroatoms. The molecule has 2 aromatic carbocycles. The molecule has 1 unspecified atom stereocenters. The van der Waals surface area contributed by atoms with Crippen molar-refractivity contribution in [2.75, 3.05) is 31.8 Å². The number of aliphatic hydroxyl groups excluding tert-OH is 1. The smallest absolute Gasteiger partial charge is 0.407 e. The van der Waals surface area contributed by atoms with Crippen LogP contribution in [0, 0.1) is 0 Å². The van der Waals surface area contributed by atoms with Gasteiger partial charge in [-0.05, 0) is 28.5 Å². The van der Waals surface area contributed by atoms with Gasteiger partial charge in [-0.1, -0.05) is 48.5 Å². The van der Waals surface area contributed by atoms with Gasteiger partial charge in [-0.25, -0.2) is 4.79 Å². The number of nitrogens with one attached hydrogen (secondary N) is 2. The molecular formula is C21H24N2O4S. The number of fused-ring (bicyclic) bond motifs is 3. The van der Waals surface area contributed by atoms with Crippen molar-refractivity contribution < 1.29 is 19.4 Å². The van der Waals surface area contributed by atoms with Gasteiger partial charge in [0.1, 0.15) is 12.6 Å². The van der Waals surface area contributed by atoms with E-state index in [9.17, 15) is 9.59 Å². The molecule has 2 amide bonds. The number of hydrogen-bond donors (Lipinski definition) is 3. The van der Waals surface area contributed by atoms with Crippen molar-refractivity contribution in [2.24, 2.45) is 0 Å². The third kappa shape index (κ3) is 4.48. The second-order valence-electron chi connectivity index (χ2n) is 6.49. The number of alkyl carbamates (subject to hydrolysis) is 1. The van der Waals surface area contributed by atoms with Crippen LogP contribution in [0.2, 0.25) is 0 Å². The van der Waals surface area contributed by atoms with Crippen LogP contribution in [-0.2, 0) is 9.53 Å². The van der Waals surface area contributed by atoms with Crippen LogP contribution in [0.1, 0.15) is 17.0 Å². The molecule has 0 bridgehead atoms. The zero-order valence-electron chi connectivity index (χ0n) is 15.7. The molecule has 28 heavy (non-hydrogen) atoms. The van der Waals surface area contributed by atoms with Crippen molar-refractivity contribution in [3.05, 3.63) is 59.7 Å². The lowest BCUT2D eigenvalue weighted by molar-refractivity contribution is -0.122. The number of carbonyl (C=O) groups excluding carboxylic acids is 2. The molecule has 0 aromatic heterocycles. The Morgan fingerprint density at radius 3 is 2.29 bits per heavy atom. The van der Waals surface area contributed by atoms with Gasteiger partial charge in [0.05, 0.1) is 6.61 Å². The fraction of sp³-hybridized carbons (Fsp3) is 0.333. The predicted octanol–water partition coefficient (Wildman–Crippen LogP) is 2.37. The Bertz CT molecular complexity index is 797. The summed E-state index contributed by atoms with van der Waals surface area (Å²) in [5, 5.41) is 14.0. The number of ether oxygens (including phenoxy) is 1. The Morgan fingerprint density at radius 2 is 1.71 bits per heavy atom. The van der Waals surface area contributed by atoms with Gasteiger partial charge in [0.2, 0.25) is 5.91 Å². The van der Waals surface area contributed by atoms with E-state index in [1.165, 1.54) is 11.8 Å². The quantitative estimate of drug-likeness (QED) is 0.633. The molecule has 1 aliphatic carbocycles. The van der Waals surface area contributed by atoms with E-state index in [1.807, 2.05) is 30.5 Å². The Kier molecular flexibility index (Phi) is 6.95. The number of rotatable bonds is 8. The van der Waals surface area contributed by atoms with Crippen LogP contribution in [0.3, 0.4) is 0 Å². The van der Waals surface area contributed by atoms with E-state index in [1.54, 1.807) is 0 Å². The van der Waals surface area contributed by atoms with Crippen molar-refractivity contribution in [1.29, 1.82) is 0 Å². The third-order valence-electron chi connectivity index (χ3n) is 4.70. The molecule has 3 rings (SSSR count). The maximum Gasteiger partial charge on any atom is 0.407 e. The summed E-state index contributed by atoms with van der Waals surface area (Å²) in [6.07, 6.45) is 1.23. The van der Waals surface area contributed by atoms with E-state index in [4.69, 9.17) is 9.84 Å². The summed E-state index contributed by atoms with van der Waals surface area (Å²) in [7, 11) is 0. The largest absolute Gasteiger partial charge is 0.449 e. The zero-order valence-corrected chi connectivity index (χ0v) is 16.5. The van der Waals surface area contributed by atoms with Gasteiger partial charge in [0, 0.05) is 18.2 Å². The van der Waals surface area contributed by atoms with Gasteiger partial charge in [-0.15, -0.1) is 0 Å². The molecule has 0 heterocycles. The van der Waals surface area contributed by atoms with E-state index < -0.39 is 12.1 Å². The number of carbonyl (C=O) groups is 2. The zero-order chi connectivity index (χ0) is 19.9. The fourth-order valence-electron chi connectivity index (χ4n) is 3.43. The van der Waals surface area contributed by atoms with E-state index in [0.717, 1.165) is 22.3 Å². The summed E-state index contributed by atoms with van der Waals surface area (Å²) < 4.78 is 5.48. The highest BCUT2D eigenvalue weighted by molar-refractivity contribution is 7.98. The van der Waals surface area contributed by atoms with Gasteiger partial charge in [-0.3, -0.25) is 4.79 Å². The van der Waals surface area contributed by atoms with Crippen LogP contribution in [0.25, 0.3) is 11.1 Å². The molecule has 0 radical (unpaired) electrons. The minimum Gasteiger partial charge on any atom is -0.449 e. The van der Waals surface area contributed by atoms with Gasteiger partial charge in [-0.2, -0.15) is 11.8 Å². The first-order valence-corrected chi connectivity index (χ1v) is 10.5. The fourth-order valence-corrected chi connectivity index (χ4v) is 4.00. The highest BCUT2D eigenvalue weighted by Gasteiger charge is 2.29. The summed E-state index contributed by atoms with van der Waals surface area (Å²) in [5.41, 5.74) is 4.60. The molecule has 0 saturated carbocycles. The first-order chi connectivity index (χ1) is 13.7. The summed E-state index contributed by atoms with van der Waals surface area (Å²) in [6, 6.07) is 15.5. The summed E-state index contributed by atoms with van der Waals surface area (Å²) in [4.78, 5) is 24.4. The van der Waals surface area contributed by atoms with Gasteiger partial charge < -0.3 is 20.5 Å². The first kappa shape index (κ1) is 20.2. The number of hydrogen-bond acceptors (Lipinski definition) is 5. The number of amides is 2. The molecule has 0 saturated heterocycles. The van der Waals surface area contributed by atoms with Crippen molar-refractivity contribution in [2.45, 2.75) is 12.0 Å². The second-order valence-corrected chi connectivity index (χ2v) is 7.40. The Balaban J connectivity index is 1.65. The highest BCUT2D eigenvalue weighted by atomic mass is 32.2. The molecule has 0 aliphatic heterocycles. The lowest BCUT2D eigenvalue weighted by Crippen LogP contribution is -2.49. The Morgan fingerprint density at radius 1 is 1.11 bits per heavy atom. The van der Waals surface area contributed by atoms with Crippen molar-refractivity contribution in [3.8, 4) is 11.1 Å². The molecule has 148 valence electrons. The Labute approximate surface area is 168 Å². The standard InChI is InChI=1S/C21H24N2O4S/c1-28-13-19(20(25)22-10-11-24)23-21(26)27-12-18-16-8-4-2-6-14(16)15-7-3-5-9-17(15)18/h2-9,18-19,24H,10-13H2,1H3,(H,22,25)(H,23,26). The molecule has 1 aliphatic rings. The SMILES string of the molecule is CSCC(NC(=O)OCC1c2ccccc2-c2ccccc21)C(=O)NCCO. The van der Waals surface area contributed by atoms with Gasteiger partial charge in [0.15, 0.2) is 0 Å². The predicted molar refractivity (Wildman–Crippen MR) is 110 cm³/mol. The molecule has 6 nitrogen and oxygen atoms in total. The van der Waals surface area contributed by atoms with Crippen molar-refractivity contribution in [1.82, 2.24) is 10.6 Å². The van der Waals surface area contributed by atoms with Crippen LogP contribution in [0.4, 0.5) is 4.79 Å². The van der Waals surface area contributed by atoms with Gasteiger partial charge >= 0.3 is 6.09 Å². The van der Waals surface area contributed by atoms with Gasteiger partial charge in [0.25, 0.3) is 0 Å². The summed E-state index contributed by atoms with van der Waals surface area (Å²) >= 11 is 1.44. The third-order valence-corrected chi connectivity index (χ3v) is 5.36. The van der Waals surface area contributed by atoms with E-state index >= 15 is 0 Å². The van der Waals surface area contributed by atoms with Crippen LogP contribution < -0.4 is 10.6 Å². The minimum absolute atomic E-state index is 0.0274. The Hall–Kier alpha value is -2.51. The van der Waals surface area contributed by atoms with E-state index in [-0.39, 0.29) is 31.6 Å². The summed E-state index contributed by atoms with van der Waals surface area (Å²) in [5.74, 6) is 0.0545. The highest BCUT2D eigenvalue weighted by Crippen LogP contribution is 2.44. The average Bonchev–Trinajstić information content (AvgIpc) is 3.04. The number of benzene rings is 2. The van der Waals surface area contributed by atoms with Crippen LogP contribution in [0.15, 0.2) is 48.5 Å². The molecule has 0 fully saturated rings. The maximum atomic E-state index is 12.3. The maximum absolute atomic E-state index is 12.3. The monoisotopic (exact) mass is 400 g/mol. The van der Waals surface area contributed by atoms with E-state index in [0.29, 0.717) is 5.75 Å². The molecule has 2 aromatic rings. The van der Waals surface area contributed by atoms with Crippen molar-refractivity contribution in [3.63, 3.8) is 0 Å². The lowest BCUT2D eigenvalue weighted by atomic mass is 9.98. The van der Waals surface area contributed by atoms with Crippen LogP contribution in [-0.4, -0.2) is 54.9 Å². The van der Waals surface area contributed by atoms with Crippen molar-refractivity contribution >= 4 is 23.8 Å². The molecule has 0 spiro atoms. The minimum atomic E-state index is -0.711. The second kappa shape index (κ2) is 9.61. The topological polar surface area (TPSA) is 87.7 Å². The average molecular weight is 401 g/mol. The number of aliphatic hydroxyl groups is 1. The lowest BCUT2D eigenvalue weighted by Gasteiger charge is -2.19. The molecule has 3 N–H and O–H groups in total. The molecular weight excluding hydrogens is 376 g/mol. The van der Waals surface area contributed by atoms with Crippen LogP contribution in [0.5, 0.6) is 0 Å².